The van der Waals surface area contributed by atoms with Crippen molar-refractivity contribution in [2.24, 2.45) is 10.7 Å². The van der Waals surface area contributed by atoms with Crippen molar-refractivity contribution in [3.05, 3.63) is 54.0 Å². The Hall–Kier alpha value is -3.02. The summed E-state index contributed by atoms with van der Waals surface area (Å²) in [6, 6.07) is 11.9. The average molecular weight is 349 g/mol. The van der Waals surface area contributed by atoms with Gasteiger partial charge in [-0.3, -0.25) is 9.88 Å². The molecule has 3 aromatic rings. The number of furan rings is 1. The quantitative estimate of drug-likeness (QED) is 0.641. The number of para-hydroxylation sites is 2. The Morgan fingerprint density at radius 2 is 2.15 bits per heavy atom. The number of aliphatic imine (C=N–C) groups is 1. The Kier molecular flexibility index (Phi) is 4.48. The smallest absolute Gasteiger partial charge is 0.212 e. The summed E-state index contributed by atoms with van der Waals surface area (Å²) in [4.78, 5) is 9.37. The first-order valence-corrected chi connectivity index (χ1v) is 9.07. The number of aromatic nitrogens is 2. The van der Waals surface area contributed by atoms with E-state index in [0.29, 0.717) is 5.96 Å². The topological polar surface area (TPSA) is 81.4 Å². The van der Waals surface area contributed by atoms with Crippen LogP contribution in [0, 0.1) is 0 Å². The monoisotopic (exact) mass is 349 g/mol. The molecule has 0 aliphatic carbocycles. The summed E-state index contributed by atoms with van der Waals surface area (Å²) in [5.41, 5.74) is 9.20. The number of hydrogen-bond donors (Lipinski definition) is 2. The molecule has 26 heavy (non-hydrogen) atoms. The standard InChI is InChI=1S/C20H23N5O/c1-2-3-4-8-14(13-15-9-7-12-26-15)18-23-19(21)24-20-22-16-10-5-6-11-17(16)25(18)20/h5-7,9-13,18H,2-4,8H2,1H3,(H3,21,22,23,24). The second kappa shape index (κ2) is 7.07. The minimum Gasteiger partial charge on any atom is -0.465 e. The second-order valence-electron chi connectivity index (χ2n) is 6.50. The van der Waals surface area contributed by atoms with E-state index in [1.165, 1.54) is 18.4 Å². The molecule has 0 saturated heterocycles. The predicted octanol–water partition coefficient (Wildman–Crippen LogP) is 4.53. The summed E-state index contributed by atoms with van der Waals surface area (Å²) >= 11 is 0. The Bertz CT molecular complexity index is 952. The Morgan fingerprint density at radius 1 is 1.27 bits per heavy atom. The summed E-state index contributed by atoms with van der Waals surface area (Å²) in [6.07, 6.45) is 7.93. The molecule has 6 nitrogen and oxygen atoms in total. The van der Waals surface area contributed by atoms with E-state index in [-0.39, 0.29) is 6.17 Å². The summed E-state index contributed by atoms with van der Waals surface area (Å²) < 4.78 is 7.67. The molecule has 1 aliphatic heterocycles. The van der Waals surface area contributed by atoms with E-state index in [1.807, 2.05) is 30.3 Å². The lowest BCUT2D eigenvalue weighted by Gasteiger charge is -2.25. The van der Waals surface area contributed by atoms with Gasteiger partial charge in [-0.25, -0.2) is 9.98 Å². The van der Waals surface area contributed by atoms with Crippen molar-refractivity contribution in [3.63, 3.8) is 0 Å². The van der Waals surface area contributed by atoms with E-state index in [9.17, 15) is 0 Å². The van der Waals surface area contributed by atoms with Crippen molar-refractivity contribution in [2.75, 3.05) is 5.32 Å². The van der Waals surface area contributed by atoms with E-state index >= 15 is 0 Å². The van der Waals surface area contributed by atoms with Crippen LogP contribution in [-0.2, 0) is 0 Å². The van der Waals surface area contributed by atoms with E-state index in [2.05, 4.69) is 33.9 Å². The molecule has 0 bridgehead atoms. The van der Waals surface area contributed by atoms with Gasteiger partial charge < -0.3 is 10.2 Å². The molecule has 1 aliphatic rings. The van der Waals surface area contributed by atoms with Gasteiger partial charge in [0.1, 0.15) is 5.76 Å². The predicted molar refractivity (Wildman–Crippen MR) is 105 cm³/mol. The maximum atomic E-state index is 6.06. The maximum Gasteiger partial charge on any atom is 0.212 e. The molecule has 2 aromatic heterocycles. The molecule has 0 fully saturated rings. The van der Waals surface area contributed by atoms with Gasteiger partial charge in [0.05, 0.1) is 17.3 Å². The number of unbranched alkanes of at least 4 members (excludes halogenated alkanes) is 2. The fourth-order valence-electron chi connectivity index (χ4n) is 3.38. The second-order valence-corrected chi connectivity index (χ2v) is 6.50. The molecular weight excluding hydrogens is 326 g/mol. The fraction of sp³-hybridized carbons (Fsp3) is 0.300. The van der Waals surface area contributed by atoms with Crippen LogP contribution in [0.15, 0.2) is 57.6 Å². The normalized spacial score (nSPS) is 17.0. The lowest BCUT2D eigenvalue weighted by molar-refractivity contribution is 0.547. The molecule has 0 saturated carbocycles. The average Bonchev–Trinajstić information content (AvgIpc) is 3.27. The molecule has 3 heterocycles. The summed E-state index contributed by atoms with van der Waals surface area (Å²) in [7, 11) is 0. The molecule has 0 radical (unpaired) electrons. The molecule has 1 unspecified atom stereocenters. The largest absolute Gasteiger partial charge is 0.465 e. The van der Waals surface area contributed by atoms with E-state index in [0.717, 1.165) is 35.6 Å². The SMILES string of the molecule is CCCCCC(=Cc1ccco1)C1N=C(N)Nc2nc3ccccc3n21. The minimum absolute atomic E-state index is 0.222. The Labute approximate surface area is 152 Å². The maximum absolute atomic E-state index is 6.06. The van der Waals surface area contributed by atoms with Gasteiger partial charge in [0.25, 0.3) is 0 Å². The van der Waals surface area contributed by atoms with Crippen molar-refractivity contribution in [2.45, 2.75) is 38.8 Å². The number of rotatable bonds is 6. The number of fused-ring (bicyclic) bond motifs is 3. The highest BCUT2D eigenvalue weighted by molar-refractivity contribution is 5.94. The number of nitrogens with two attached hydrogens (primary N) is 1. The van der Waals surface area contributed by atoms with Crippen molar-refractivity contribution >= 4 is 29.0 Å². The Morgan fingerprint density at radius 3 is 2.96 bits per heavy atom. The van der Waals surface area contributed by atoms with Gasteiger partial charge in [-0.2, -0.15) is 0 Å². The van der Waals surface area contributed by atoms with Crippen molar-refractivity contribution in [1.29, 1.82) is 0 Å². The van der Waals surface area contributed by atoms with Crippen molar-refractivity contribution in [3.8, 4) is 0 Å². The van der Waals surface area contributed by atoms with E-state index < -0.39 is 0 Å². The highest BCUT2D eigenvalue weighted by atomic mass is 16.3. The first-order chi connectivity index (χ1) is 12.8. The molecule has 0 spiro atoms. The van der Waals surface area contributed by atoms with Gasteiger partial charge in [0.2, 0.25) is 5.95 Å². The molecule has 134 valence electrons. The molecule has 4 rings (SSSR count). The number of nitrogens with one attached hydrogen (secondary N) is 1. The number of guanidine groups is 1. The van der Waals surface area contributed by atoms with Crippen LogP contribution in [0.5, 0.6) is 0 Å². The molecule has 0 amide bonds. The Balaban J connectivity index is 1.80. The summed E-state index contributed by atoms with van der Waals surface area (Å²) in [5.74, 6) is 1.94. The van der Waals surface area contributed by atoms with Gasteiger partial charge in [0, 0.05) is 0 Å². The third-order valence-electron chi connectivity index (χ3n) is 4.61. The van der Waals surface area contributed by atoms with Gasteiger partial charge in [0.15, 0.2) is 12.1 Å². The van der Waals surface area contributed by atoms with Crippen LogP contribution < -0.4 is 11.1 Å². The number of imidazole rings is 1. The van der Waals surface area contributed by atoms with Gasteiger partial charge in [-0.1, -0.05) is 31.9 Å². The first kappa shape index (κ1) is 16.4. The highest BCUT2D eigenvalue weighted by Crippen LogP contribution is 2.35. The lowest BCUT2D eigenvalue weighted by Crippen LogP contribution is -2.31. The van der Waals surface area contributed by atoms with Gasteiger partial charge in [-0.15, -0.1) is 0 Å². The molecule has 1 atom stereocenters. The van der Waals surface area contributed by atoms with Crippen LogP contribution in [0.1, 0.15) is 44.5 Å². The van der Waals surface area contributed by atoms with Crippen LogP contribution in [-0.4, -0.2) is 15.5 Å². The zero-order valence-corrected chi connectivity index (χ0v) is 14.9. The fourth-order valence-corrected chi connectivity index (χ4v) is 3.38. The lowest BCUT2D eigenvalue weighted by atomic mass is 10.0. The van der Waals surface area contributed by atoms with E-state index in [4.69, 9.17) is 15.1 Å². The highest BCUT2D eigenvalue weighted by Gasteiger charge is 2.26. The molecular formula is C20H23N5O. The third-order valence-corrected chi connectivity index (χ3v) is 4.61. The van der Waals surface area contributed by atoms with Crippen LogP contribution in [0.4, 0.5) is 5.95 Å². The zero-order chi connectivity index (χ0) is 17.9. The summed E-state index contributed by atoms with van der Waals surface area (Å²) in [6.45, 7) is 2.21. The first-order valence-electron chi connectivity index (χ1n) is 9.07. The van der Waals surface area contributed by atoms with Crippen LogP contribution in [0.3, 0.4) is 0 Å². The molecule has 3 N–H and O–H groups in total. The number of nitrogens with zero attached hydrogens (tertiary/aromatic N) is 3. The van der Waals surface area contributed by atoms with Crippen molar-refractivity contribution in [1.82, 2.24) is 9.55 Å². The van der Waals surface area contributed by atoms with E-state index in [1.54, 1.807) is 6.26 Å². The minimum atomic E-state index is -0.222. The van der Waals surface area contributed by atoms with Crippen molar-refractivity contribution < 1.29 is 4.42 Å². The van der Waals surface area contributed by atoms with Gasteiger partial charge >= 0.3 is 0 Å². The number of benzene rings is 1. The van der Waals surface area contributed by atoms with Crippen LogP contribution in [0.25, 0.3) is 17.1 Å². The zero-order valence-electron chi connectivity index (χ0n) is 14.9. The van der Waals surface area contributed by atoms with Crippen LogP contribution in [0.2, 0.25) is 0 Å². The third kappa shape index (κ3) is 3.10. The molecule has 6 heteroatoms. The molecule has 1 aromatic carbocycles. The van der Waals surface area contributed by atoms with Gasteiger partial charge in [-0.05, 0) is 48.8 Å². The number of hydrogen-bond acceptors (Lipinski definition) is 5. The van der Waals surface area contributed by atoms with Crippen LogP contribution >= 0.6 is 0 Å². The number of anilines is 1. The summed E-state index contributed by atoms with van der Waals surface area (Å²) in [5, 5.41) is 3.09.